The van der Waals surface area contributed by atoms with Crippen molar-refractivity contribution in [3.8, 4) is 5.75 Å². The molecule has 1 heterocycles. The van der Waals surface area contributed by atoms with Crippen LogP contribution in [0.25, 0.3) is 16.5 Å². The summed E-state index contributed by atoms with van der Waals surface area (Å²) in [5.41, 5.74) is 3.64. The third kappa shape index (κ3) is 4.42. The number of hydrogen-bond acceptors (Lipinski definition) is 4. The zero-order chi connectivity index (χ0) is 18.6. The molecule has 0 aliphatic rings. The average molecular weight is 345 g/mol. The normalized spacial score (nSPS) is 13.1. The zero-order valence-electron chi connectivity index (χ0n) is 15.9. The van der Waals surface area contributed by atoms with Crippen LogP contribution in [0.15, 0.2) is 22.6 Å². The highest BCUT2D eigenvalue weighted by Gasteiger charge is 2.15. The number of aryl methyl sites for hydroxylation is 2. The maximum atomic E-state index is 12.2. The van der Waals surface area contributed by atoms with Gasteiger partial charge in [-0.1, -0.05) is 0 Å². The second-order valence-electron chi connectivity index (χ2n) is 6.25. The molecule has 0 saturated heterocycles. The highest BCUT2D eigenvalue weighted by atomic mass is 16.5. The second-order valence-corrected chi connectivity index (χ2v) is 6.25. The Bertz CT molecular complexity index is 789. The summed E-state index contributed by atoms with van der Waals surface area (Å²) >= 11 is 0. The smallest absolute Gasteiger partial charge is 0.244 e. The van der Waals surface area contributed by atoms with Crippen molar-refractivity contribution in [2.24, 2.45) is 0 Å². The monoisotopic (exact) mass is 345 g/mol. The average Bonchev–Trinajstić information content (AvgIpc) is 2.81. The van der Waals surface area contributed by atoms with Crippen LogP contribution in [0.1, 0.15) is 37.7 Å². The molecule has 1 unspecified atom stereocenters. The molecule has 0 aliphatic heterocycles. The molecule has 5 nitrogen and oxygen atoms in total. The fourth-order valence-electron chi connectivity index (χ4n) is 2.80. The lowest BCUT2D eigenvalue weighted by molar-refractivity contribution is -0.117. The first-order valence-corrected chi connectivity index (χ1v) is 8.52. The van der Waals surface area contributed by atoms with Gasteiger partial charge in [0, 0.05) is 36.2 Å². The molecule has 5 heteroatoms. The van der Waals surface area contributed by atoms with E-state index in [-0.39, 0.29) is 11.9 Å². The molecule has 136 valence electrons. The lowest BCUT2D eigenvalue weighted by Crippen LogP contribution is -2.34. The molecule has 1 amide bonds. The van der Waals surface area contributed by atoms with Crippen LogP contribution < -0.4 is 10.1 Å². The largest absolute Gasteiger partial charge is 0.493 e. The van der Waals surface area contributed by atoms with Crippen molar-refractivity contribution in [3.05, 3.63) is 35.1 Å². The maximum Gasteiger partial charge on any atom is 0.244 e. The van der Waals surface area contributed by atoms with Crippen molar-refractivity contribution in [1.29, 1.82) is 0 Å². The van der Waals surface area contributed by atoms with E-state index in [9.17, 15) is 4.79 Å². The lowest BCUT2D eigenvalue weighted by Gasteiger charge is -2.13. The van der Waals surface area contributed by atoms with Crippen LogP contribution in [0.2, 0.25) is 0 Å². The fourth-order valence-corrected chi connectivity index (χ4v) is 2.80. The molecule has 0 radical (unpaired) electrons. The number of amides is 1. The van der Waals surface area contributed by atoms with Crippen LogP contribution >= 0.6 is 0 Å². The van der Waals surface area contributed by atoms with Gasteiger partial charge in [0.15, 0.2) is 0 Å². The van der Waals surface area contributed by atoms with Crippen molar-refractivity contribution >= 4 is 22.4 Å². The predicted molar refractivity (Wildman–Crippen MR) is 100.0 cm³/mol. The highest BCUT2D eigenvalue weighted by molar-refractivity contribution is 5.97. The number of carbonyl (C=O) groups excluding carboxylic acids is 1. The van der Waals surface area contributed by atoms with Crippen molar-refractivity contribution in [2.45, 2.75) is 40.7 Å². The highest BCUT2D eigenvalue weighted by Crippen LogP contribution is 2.34. The van der Waals surface area contributed by atoms with Crippen LogP contribution in [0.5, 0.6) is 5.75 Å². The van der Waals surface area contributed by atoms with Gasteiger partial charge in [-0.15, -0.1) is 0 Å². The summed E-state index contributed by atoms with van der Waals surface area (Å²) in [4.78, 5) is 12.2. The Kier molecular flexibility index (Phi) is 6.26. The summed E-state index contributed by atoms with van der Waals surface area (Å²) < 4.78 is 16.6. The number of hydrogen-bond donors (Lipinski definition) is 1. The molecule has 0 saturated carbocycles. The SMILES string of the molecule is CCOc1cc2oc(C)c(C)c2cc1/C(C)=C/C(=O)NC(C)COC. The topological polar surface area (TPSA) is 60.7 Å². The van der Waals surface area contributed by atoms with Crippen LogP contribution in [0.4, 0.5) is 0 Å². The van der Waals surface area contributed by atoms with Gasteiger partial charge < -0.3 is 19.2 Å². The molecule has 1 aromatic heterocycles. The number of ether oxygens (including phenoxy) is 2. The van der Waals surface area contributed by atoms with Crippen LogP contribution in [-0.4, -0.2) is 32.3 Å². The second kappa shape index (κ2) is 8.21. The minimum atomic E-state index is -0.148. The standard InChI is InChI=1S/C20H27NO4/c1-7-24-18-10-19-17(14(4)15(5)25-19)9-16(18)12(2)8-20(22)21-13(3)11-23-6/h8-10,13H,7,11H2,1-6H3,(H,21,22)/b12-8+. The van der Waals surface area contributed by atoms with Gasteiger partial charge in [-0.2, -0.15) is 0 Å². The molecule has 1 N–H and O–H groups in total. The van der Waals surface area contributed by atoms with Gasteiger partial charge in [0.05, 0.1) is 13.2 Å². The minimum Gasteiger partial charge on any atom is -0.493 e. The first-order valence-electron chi connectivity index (χ1n) is 8.52. The molecule has 1 atom stereocenters. The van der Waals surface area contributed by atoms with E-state index in [2.05, 4.69) is 5.32 Å². The van der Waals surface area contributed by atoms with E-state index in [1.54, 1.807) is 13.2 Å². The third-order valence-electron chi connectivity index (χ3n) is 4.15. The Morgan fingerprint density at radius 2 is 2.08 bits per heavy atom. The molecule has 2 rings (SSSR count). The van der Waals surface area contributed by atoms with E-state index in [0.29, 0.717) is 13.2 Å². The fraction of sp³-hybridized carbons (Fsp3) is 0.450. The number of nitrogens with one attached hydrogen (secondary N) is 1. The Hall–Kier alpha value is -2.27. The van der Waals surface area contributed by atoms with E-state index >= 15 is 0 Å². The summed E-state index contributed by atoms with van der Waals surface area (Å²) in [7, 11) is 1.61. The zero-order valence-corrected chi connectivity index (χ0v) is 15.9. The van der Waals surface area contributed by atoms with Gasteiger partial charge >= 0.3 is 0 Å². The van der Waals surface area contributed by atoms with Crippen molar-refractivity contribution < 1.29 is 18.7 Å². The maximum absolute atomic E-state index is 12.2. The number of fused-ring (bicyclic) bond motifs is 1. The quantitative estimate of drug-likeness (QED) is 0.771. The van der Waals surface area contributed by atoms with E-state index in [4.69, 9.17) is 13.9 Å². The van der Waals surface area contributed by atoms with Crippen LogP contribution in [0, 0.1) is 13.8 Å². The Morgan fingerprint density at radius 1 is 1.36 bits per heavy atom. The summed E-state index contributed by atoms with van der Waals surface area (Å²) in [5.74, 6) is 1.46. The summed E-state index contributed by atoms with van der Waals surface area (Å²) in [6.45, 7) is 10.7. The Morgan fingerprint density at radius 3 is 2.72 bits per heavy atom. The van der Waals surface area contributed by atoms with Gasteiger partial charge in [0.25, 0.3) is 0 Å². The first kappa shape index (κ1) is 19.1. The number of benzene rings is 1. The minimum absolute atomic E-state index is 0.0471. The summed E-state index contributed by atoms with van der Waals surface area (Å²) in [6.07, 6.45) is 1.60. The molecule has 2 aromatic rings. The number of allylic oxidation sites excluding steroid dienone is 1. The molecule has 0 spiro atoms. The van der Waals surface area contributed by atoms with E-state index < -0.39 is 0 Å². The number of furan rings is 1. The van der Waals surface area contributed by atoms with E-state index in [0.717, 1.165) is 39.2 Å². The van der Waals surface area contributed by atoms with Crippen LogP contribution in [0.3, 0.4) is 0 Å². The molecule has 0 aliphatic carbocycles. The Balaban J connectivity index is 2.39. The van der Waals surface area contributed by atoms with E-state index in [1.807, 2.05) is 46.8 Å². The molecule has 1 aromatic carbocycles. The number of rotatable bonds is 7. The van der Waals surface area contributed by atoms with Crippen molar-refractivity contribution in [3.63, 3.8) is 0 Å². The first-order chi connectivity index (χ1) is 11.9. The van der Waals surface area contributed by atoms with Gasteiger partial charge in [-0.05, 0) is 51.8 Å². The number of carbonyl (C=O) groups is 1. The Labute approximate surface area is 149 Å². The van der Waals surface area contributed by atoms with Gasteiger partial charge in [0.2, 0.25) is 5.91 Å². The molecular weight excluding hydrogens is 318 g/mol. The third-order valence-corrected chi connectivity index (χ3v) is 4.15. The van der Waals surface area contributed by atoms with Crippen LogP contribution in [-0.2, 0) is 9.53 Å². The molecule has 0 bridgehead atoms. The molecule has 25 heavy (non-hydrogen) atoms. The summed E-state index contributed by atoms with van der Waals surface area (Å²) in [6, 6.07) is 3.88. The predicted octanol–water partition coefficient (Wildman–Crippen LogP) is 4.00. The van der Waals surface area contributed by atoms with Gasteiger partial charge in [0.1, 0.15) is 17.1 Å². The van der Waals surface area contributed by atoms with E-state index in [1.165, 1.54) is 0 Å². The number of methoxy groups -OCH3 is 1. The van der Waals surface area contributed by atoms with Gasteiger partial charge in [-0.25, -0.2) is 0 Å². The lowest BCUT2D eigenvalue weighted by atomic mass is 10.0. The van der Waals surface area contributed by atoms with Crippen molar-refractivity contribution in [2.75, 3.05) is 20.3 Å². The summed E-state index contributed by atoms with van der Waals surface area (Å²) in [5, 5.41) is 3.92. The van der Waals surface area contributed by atoms with Gasteiger partial charge in [-0.3, -0.25) is 4.79 Å². The molecular formula is C20H27NO4. The molecule has 0 fully saturated rings. The van der Waals surface area contributed by atoms with Crippen molar-refractivity contribution in [1.82, 2.24) is 5.32 Å².